The van der Waals surface area contributed by atoms with Crippen LogP contribution in [0.15, 0.2) is 65.8 Å². The van der Waals surface area contributed by atoms with E-state index in [-0.39, 0.29) is 11.5 Å². The van der Waals surface area contributed by atoms with E-state index in [1.807, 2.05) is 56.3 Å². The Morgan fingerprint density at radius 2 is 1.78 bits per heavy atom. The molecule has 8 heteroatoms. The Bertz CT molecular complexity index is 1400. The Morgan fingerprint density at radius 1 is 1.06 bits per heavy atom. The maximum Gasteiger partial charge on any atom is 0.333 e. The molecule has 0 spiro atoms. The van der Waals surface area contributed by atoms with E-state index in [4.69, 9.17) is 11.5 Å². The standard InChI is InChI=1S/C24H23N7O/c1-24(2,27)18-4-6-19(7-5-18)31-21(14-30(3)23(31)32)20-11-15(8-9-28-20)17-10-16(12-25)22(26)29-13-17/h4-11,13-14H,27H2,1-3H3,(H2,26,29). The minimum Gasteiger partial charge on any atom is -0.383 e. The second-order valence-electron chi connectivity index (χ2n) is 8.21. The van der Waals surface area contributed by atoms with Crippen molar-refractivity contribution in [3.63, 3.8) is 0 Å². The van der Waals surface area contributed by atoms with E-state index in [0.29, 0.717) is 22.6 Å². The first kappa shape index (κ1) is 21.0. The highest BCUT2D eigenvalue weighted by Crippen LogP contribution is 2.27. The molecule has 3 heterocycles. The van der Waals surface area contributed by atoms with Gasteiger partial charge in [0.1, 0.15) is 11.9 Å². The molecule has 0 amide bonds. The number of nitrogen functional groups attached to an aromatic ring is 1. The molecule has 0 unspecified atom stereocenters. The SMILES string of the molecule is Cn1cc(-c2cc(-c3cnc(N)c(C#N)c3)ccn2)n(-c2ccc(C(C)(C)N)cc2)c1=O. The Kier molecular flexibility index (Phi) is 5.12. The maximum absolute atomic E-state index is 12.9. The molecular weight excluding hydrogens is 402 g/mol. The fourth-order valence-corrected chi connectivity index (χ4v) is 3.50. The van der Waals surface area contributed by atoms with Crippen molar-refractivity contribution >= 4 is 5.82 Å². The quantitative estimate of drug-likeness (QED) is 0.517. The zero-order valence-electron chi connectivity index (χ0n) is 18.1. The molecule has 3 aromatic heterocycles. The van der Waals surface area contributed by atoms with E-state index in [1.54, 1.807) is 36.3 Å². The Hall–Kier alpha value is -4.22. The van der Waals surface area contributed by atoms with Gasteiger partial charge in [-0.3, -0.25) is 9.55 Å². The molecule has 0 aliphatic heterocycles. The molecule has 0 bridgehead atoms. The minimum atomic E-state index is -0.478. The van der Waals surface area contributed by atoms with Crippen LogP contribution in [0.5, 0.6) is 0 Å². The Morgan fingerprint density at radius 3 is 2.44 bits per heavy atom. The topological polar surface area (TPSA) is 129 Å². The van der Waals surface area contributed by atoms with Gasteiger partial charge in [0.2, 0.25) is 0 Å². The predicted octanol–water partition coefficient (Wildman–Crippen LogP) is 2.95. The molecule has 0 saturated heterocycles. The molecule has 32 heavy (non-hydrogen) atoms. The number of nitriles is 1. The summed E-state index contributed by atoms with van der Waals surface area (Å²) in [4.78, 5) is 21.5. The number of nitrogens with two attached hydrogens (primary N) is 2. The van der Waals surface area contributed by atoms with Crippen molar-refractivity contribution in [1.29, 1.82) is 5.26 Å². The summed E-state index contributed by atoms with van der Waals surface area (Å²) in [5.41, 5.74) is 16.1. The van der Waals surface area contributed by atoms with Crippen LogP contribution in [0.3, 0.4) is 0 Å². The van der Waals surface area contributed by atoms with Crippen LogP contribution in [0.1, 0.15) is 25.0 Å². The number of pyridine rings is 2. The summed E-state index contributed by atoms with van der Waals surface area (Å²) in [5.74, 6) is 0.187. The van der Waals surface area contributed by atoms with Gasteiger partial charge >= 0.3 is 5.69 Å². The molecule has 4 rings (SSSR count). The number of benzene rings is 1. The molecule has 0 aliphatic carbocycles. The van der Waals surface area contributed by atoms with E-state index in [9.17, 15) is 10.1 Å². The highest BCUT2D eigenvalue weighted by atomic mass is 16.1. The number of rotatable bonds is 4. The lowest BCUT2D eigenvalue weighted by Crippen LogP contribution is -2.28. The summed E-state index contributed by atoms with van der Waals surface area (Å²) in [6.07, 6.45) is 5.02. The van der Waals surface area contributed by atoms with E-state index < -0.39 is 5.54 Å². The number of nitrogens with zero attached hydrogens (tertiary/aromatic N) is 5. The summed E-state index contributed by atoms with van der Waals surface area (Å²) < 4.78 is 3.13. The first-order chi connectivity index (χ1) is 15.2. The summed E-state index contributed by atoms with van der Waals surface area (Å²) in [5, 5.41) is 9.26. The van der Waals surface area contributed by atoms with Gasteiger partial charge in [0.25, 0.3) is 0 Å². The lowest BCUT2D eigenvalue weighted by Gasteiger charge is -2.19. The van der Waals surface area contributed by atoms with Gasteiger partial charge < -0.3 is 16.0 Å². The molecule has 0 atom stereocenters. The summed E-state index contributed by atoms with van der Waals surface area (Å²) in [7, 11) is 1.70. The molecule has 8 nitrogen and oxygen atoms in total. The highest BCUT2D eigenvalue weighted by Gasteiger charge is 2.17. The van der Waals surface area contributed by atoms with Crippen LogP contribution >= 0.6 is 0 Å². The van der Waals surface area contributed by atoms with Gasteiger partial charge in [-0.1, -0.05) is 12.1 Å². The van der Waals surface area contributed by atoms with Gasteiger partial charge in [0, 0.05) is 36.7 Å². The number of anilines is 1. The minimum absolute atomic E-state index is 0.187. The molecule has 4 N–H and O–H groups in total. The summed E-state index contributed by atoms with van der Waals surface area (Å²) in [6, 6.07) is 15.0. The third-order valence-electron chi connectivity index (χ3n) is 5.31. The van der Waals surface area contributed by atoms with Crippen LogP contribution in [0.4, 0.5) is 5.82 Å². The average Bonchev–Trinajstić information content (AvgIpc) is 3.08. The molecule has 0 fully saturated rings. The van der Waals surface area contributed by atoms with Crippen molar-refractivity contribution < 1.29 is 0 Å². The fourth-order valence-electron chi connectivity index (χ4n) is 3.50. The first-order valence-electron chi connectivity index (χ1n) is 9.99. The number of hydrogen-bond donors (Lipinski definition) is 2. The van der Waals surface area contributed by atoms with Crippen LogP contribution in [0.25, 0.3) is 28.2 Å². The summed E-state index contributed by atoms with van der Waals surface area (Å²) >= 11 is 0. The molecular formula is C24H23N7O. The first-order valence-corrected chi connectivity index (χ1v) is 9.99. The van der Waals surface area contributed by atoms with Crippen LogP contribution < -0.4 is 17.2 Å². The van der Waals surface area contributed by atoms with Crippen LogP contribution in [0, 0.1) is 11.3 Å². The van der Waals surface area contributed by atoms with Crippen molar-refractivity contribution in [3.8, 4) is 34.3 Å². The molecule has 4 aromatic rings. The fraction of sp³-hybridized carbons (Fsp3) is 0.167. The monoisotopic (exact) mass is 425 g/mol. The Balaban J connectivity index is 1.83. The number of imidazole rings is 1. The van der Waals surface area contributed by atoms with Crippen molar-refractivity contribution in [1.82, 2.24) is 19.1 Å². The van der Waals surface area contributed by atoms with Gasteiger partial charge in [0.05, 0.1) is 22.6 Å². The maximum atomic E-state index is 12.9. The molecule has 0 radical (unpaired) electrons. The van der Waals surface area contributed by atoms with Crippen molar-refractivity contribution in [3.05, 3.63) is 82.7 Å². The van der Waals surface area contributed by atoms with E-state index in [0.717, 1.165) is 16.7 Å². The normalized spacial score (nSPS) is 11.3. The van der Waals surface area contributed by atoms with Crippen LogP contribution in [0.2, 0.25) is 0 Å². The van der Waals surface area contributed by atoms with E-state index in [1.165, 1.54) is 4.57 Å². The van der Waals surface area contributed by atoms with Gasteiger partial charge in [-0.05, 0) is 55.3 Å². The van der Waals surface area contributed by atoms with Gasteiger partial charge in [0.15, 0.2) is 0 Å². The molecule has 1 aromatic carbocycles. The average molecular weight is 425 g/mol. The molecule has 0 saturated carbocycles. The van der Waals surface area contributed by atoms with E-state index in [2.05, 4.69) is 9.97 Å². The van der Waals surface area contributed by atoms with Crippen molar-refractivity contribution in [2.24, 2.45) is 12.8 Å². The third-order valence-corrected chi connectivity index (χ3v) is 5.31. The van der Waals surface area contributed by atoms with Gasteiger partial charge in [-0.15, -0.1) is 0 Å². The zero-order chi connectivity index (χ0) is 23.0. The molecule has 160 valence electrons. The zero-order valence-corrected chi connectivity index (χ0v) is 18.1. The van der Waals surface area contributed by atoms with Crippen LogP contribution in [-0.4, -0.2) is 19.1 Å². The second kappa shape index (κ2) is 7.80. The lowest BCUT2D eigenvalue weighted by atomic mass is 9.95. The smallest absolute Gasteiger partial charge is 0.333 e. The van der Waals surface area contributed by atoms with Crippen molar-refractivity contribution in [2.75, 3.05) is 5.73 Å². The third kappa shape index (κ3) is 3.77. The Labute approximate surface area is 185 Å². The second-order valence-corrected chi connectivity index (χ2v) is 8.21. The van der Waals surface area contributed by atoms with Gasteiger partial charge in [-0.25, -0.2) is 9.78 Å². The number of aromatic nitrogens is 4. The molecule has 0 aliphatic rings. The number of aryl methyl sites for hydroxylation is 1. The van der Waals surface area contributed by atoms with Crippen molar-refractivity contribution in [2.45, 2.75) is 19.4 Å². The summed E-state index contributed by atoms with van der Waals surface area (Å²) in [6.45, 7) is 3.86. The lowest BCUT2D eigenvalue weighted by molar-refractivity contribution is 0.554. The largest absolute Gasteiger partial charge is 0.383 e. The van der Waals surface area contributed by atoms with E-state index >= 15 is 0 Å². The predicted molar refractivity (Wildman–Crippen MR) is 124 cm³/mol. The van der Waals surface area contributed by atoms with Crippen LogP contribution in [-0.2, 0) is 12.6 Å². The number of hydrogen-bond acceptors (Lipinski definition) is 6. The van der Waals surface area contributed by atoms with Gasteiger partial charge in [-0.2, -0.15) is 5.26 Å². The highest BCUT2D eigenvalue weighted by molar-refractivity contribution is 5.71.